The summed E-state index contributed by atoms with van der Waals surface area (Å²) in [6.45, 7) is 3.43. The van der Waals surface area contributed by atoms with Crippen molar-refractivity contribution in [3.8, 4) is 0 Å². The van der Waals surface area contributed by atoms with E-state index in [9.17, 15) is 8.42 Å². The van der Waals surface area contributed by atoms with Gasteiger partial charge in [-0.05, 0) is 13.3 Å². The number of sulfonamides is 1. The fourth-order valence-electron chi connectivity index (χ4n) is 1.32. The highest BCUT2D eigenvalue weighted by Crippen LogP contribution is 2.07. The molecule has 0 saturated heterocycles. The average molecular weight is 277 g/mol. The number of nitrogens with two attached hydrogens (primary N) is 1. The molecule has 1 rings (SSSR count). The van der Waals surface area contributed by atoms with E-state index in [0.29, 0.717) is 18.1 Å². The number of rotatable bonds is 6. The maximum absolute atomic E-state index is 11.8. The van der Waals surface area contributed by atoms with Crippen LogP contribution in [-0.4, -0.2) is 23.6 Å². The number of hydrogen-bond donors (Lipinski definition) is 2. The molecule has 0 aliphatic rings. The minimum absolute atomic E-state index is 0.00468. The zero-order valence-electron chi connectivity index (χ0n) is 9.63. The molecule has 1 atom stereocenters. The van der Waals surface area contributed by atoms with Gasteiger partial charge in [0.1, 0.15) is 11.0 Å². The van der Waals surface area contributed by atoms with Crippen LogP contribution in [0.2, 0.25) is 0 Å². The Morgan fingerprint density at radius 2 is 2.35 bits per heavy atom. The van der Waals surface area contributed by atoms with Gasteiger partial charge in [-0.1, -0.05) is 19.1 Å². The van der Waals surface area contributed by atoms with Gasteiger partial charge >= 0.3 is 0 Å². The number of hydrogen-bond acceptors (Lipinski definition) is 5. The molecule has 6 nitrogen and oxygen atoms in total. The Hall–Kier alpha value is -0.990. The first kappa shape index (κ1) is 14.1. The number of aromatic nitrogens is 1. The monoisotopic (exact) mass is 277 g/mol. The molecule has 0 aliphatic carbocycles. The summed E-state index contributed by atoms with van der Waals surface area (Å²) < 4.78 is 31.2. The fraction of sp³-hybridized carbons (Fsp3) is 0.556. The molecule has 0 amide bonds. The van der Waals surface area contributed by atoms with Gasteiger partial charge in [-0.25, -0.2) is 18.1 Å². The number of nitrogens with one attached hydrogen (secondary N) is 1. The van der Waals surface area contributed by atoms with Crippen molar-refractivity contribution in [1.82, 2.24) is 9.71 Å². The van der Waals surface area contributed by atoms with Crippen LogP contribution in [0, 0.1) is 6.92 Å². The van der Waals surface area contributed by atoms with Crippen molar-refractivity contribution in [2.75, 3.05) is 0 Å². The lowest BCUT2D eigenvalue weighted by atomic mass is 10.3. The molecular weight excluding hydrogens is 262 g/mol. The van der Waals surface area contributed by atoms with Gasteiger partial charge in [0.15, 0.2) is 0 Å². The minimum Gasteiger partial charge on any atom is -0.445 e. The number of thiocarbonyl (C=S) groups is 1. The lowest BCUT2D eigenvalue weighted by molar-refractivity contribution is 0.463. The molecule has 0 saturated carbocycles. The third kappa shape index (κ3) is 3.76. The van der Waals surface area contributed by atoms with Gasteiger partial charge in [-0.3, -0.25) is 0 Å². The molecule has 3 N–H and O–H groups in total. The zero-order chi connectivity index (χ0) is 13.1. The molecule has 0 aromatic carbocycles. The van der Waals surface area contributed by atoms with Gasteiger partial charge in [-0.15, -0.1) is 0 Å². The van der Waals surface area contributed by atoms with Crippen molar-refractivity contribution in [2.24, 2.45) is 5.73 Å². The standard InChI is InChI=1S/C9H15N3O3S2/c1-3-7(9(10)16)17(13,14)12-5-8-11-4-6(2)15-8/h4,7,12H,3,5H2,1-2H3,(H2,10,16). The van der Waals surface area contributed by atoms with Crippen molar-refractivity contribution in [3.63, 3.8) is 0 Å². The quantitative estimate of drug-likeness (QED) is 0.733. The highest BCUT2D eigenvalue weighted by atomic mass is 32.2. The van der Waals surface area contributed by atoms with Gasteiger partial charge in [0.2, 0.25) is 15.9 Å². The molecule has 8 heteroatoms. The van der Waals surface area contributed by atoms with E-state index in [1.807, 2.05) is 0 Å². The van der Waals surface area contributed by atoms with E-state index in [0.717, 1.165) is 0 Å². The molecule has 0 spiro atoms. The summed E-state index contributed by atoms with van der Waals surface area (Å²) in [6.07, 6.45) is 1.85. The van der Waals surface area contributed by atoms with Crippen LogP contribution in [0.3, 0.4) is 0 Å². The van der Waals surface area contributed by atoms with Crippen molar-refractivity contribution < 1.29 is 12.8 Å². The molecule has 1 aromatic rings. The summed E-state index contributed by atoms with van der Waals surface area (Å²) in [7, 11) is -3.58. The van der Waals surface area contributed by atoms with Gasteiger partial charge in [0.25, 0.3) is 0 Å². The number of nitrogens with zero attached hydrogens (tertiary/aromatic N) is 1. The molecule has 0 fully saturated rings. The van der Waals surface area contributed by atoms with Crippen LogP contribution < -0.4 is 10.5 Å². The van der Waals surface area contributed by atoms with Gasteiger partial charge in [0, 0.05) is 0 Å². The van der Waals surface area contributed by atoms with Crippen LogP contribution in [0.1, 0.15) is 25.0 Å². The average Bonchev–Trinajstić information content (AvgIpc) is 2.61. The van der Waals surface area contributed by atoms with Crippen LogP contribution in [0.25, 0.3) is 0 Å². The van der Waals surface area contributed by atoms with E-state index in [2.05, 4.69) is 9.71 Å². The second-order valence-electron chi connectivity index (χ2n) is 3.53. The summed E-state index contributed by atoms with van der Waals surface area (Å²) in [6, 6.07) is 0. The molecule has 96 valence electrons. The normalized spacial score (nSPS) is 13.5. The van der Waals surface area contributed by atoms with Crippen LogP contribution in [0.15, 0.2) is 10.6 Å². The fourth-order valence-corrected chi connectivity index (χ4v) is 3.14. The number of aryl methyl sites for hydroxylation is 1. The summed E-state index contributed by atoms with van der Waals surface area (Å²) in [5, 5.41) is -0.867. The smallest absolute Gasteiger partial charge is 0.221 e. The summed E-state index contributed by atoms with van der Waals surface area (Å²) in [5.74, 6) is 0.935. The van der Waals surface area contributed by atoms with Crippen molar-refractivity contribution in [1.29, 1.82) is 0 Å². The highest BCUT2D eigenvalue weighted by molar-refractivity contribution is 7.93. The van der Waals surface area contributed by atoms with E-state index < -0.39 is 15.3 Å². The Morgan fingerprint density at radius 3 is 2.76 bits per heavy atom. The molecule has 1 heterocycles. The van der Waals surface area contributed by atoms with E-state index in [4.69, 9.17) is 22.4 Å². The van der Waals surface area contributed by atoms with Crippen LogP contribution >= 0.6 is 12.2 Å². The second kappa shape index (κ2) is 5.56. The molecule has 1 unspecified atom stereocenters. The topological polar surface area (TPSA) is 98.2 Å². The summed E-state index contributed by atoms with van der Waals surface area (Å²) in [5.41, 5.74) is 5.38. The van der Waals surface area contributed by atoms with E-state index in [1.54, 1.807) is 13.8 Å². The first-order chi connectivity index (χ1) is 7.86. The Morgan fingerprint density at radius 1 is 1.71 bits per heavy atom. The SMILES string of the molecule is CCC(C(N)=S)S(=O)(=O)NCc1ncc(C)o1. The predicted octanol–water partition coefficient (Wildman–Crippen LogP) is 0.467. The Bertz CT molecular complexity index is 495. The van der Waals surface area contributed by atoms with Crippen LogP contribution in [-0.2, 0) is 16.6 Å². The molecule has 1 aromatic heterocycles. The van der Waals surface area contributed by atoms with Crippen molar-refractivity contribution in [2.45, 2.75) is 32.1 Å². The van der Waals surface area contributed by atoms with Crippen molar-refractivity contribution >= 4 is 27.2 Å². The Balaban J connectivity index is 2.70. The highest BCUT2D eigenvalue weighted by Gasteiger charge is 2.26. The lowest BCUT2D eigenvalue weighted by Crippen LogP contribution is -2.41. The Kier molecular flexibility index (Phi) is 4.61. The lowest BCUT2D eigenvalue weighted by Gasteiger charge is -2.14. The minimum atomic E-state index is -3.58. The predicted molar refractivity (Wildman–Crippen MR) is 67.9 cm³/mol. The van der Waals surface area contributed by atoms with E-state index in [-0.39, 0.29) is 11.5 Å². The van der Waals surface area contributed by atoms with Crippen LogP contribution in [0.5, 0.6) is 0 Å². The van der Waals surface area contributed by atoms with Crippen LogP contribution in [0.4, 0.5) is 0 Å². The summed E-state index contributed by atoms with van der Waals surface area (Å²) in [4.78, 5) is 3.85. The first-order valence-electron chi connectivity index (χ1n) is 5.06. The van der Waals surface area contributed by atoms with Gasteiger partial charge < -0.3 is 10.2 Å². The molecular formula is C9H15N3O3S2. The van der Waals surface area contributed by atoms with Gasteiger partial charge in [0.05, 0.1) is 17.7 Å². The first-order valence-corrected chi connectivity index (χ1v) is 7.01. The largest absolute Gasteiger partial charge is 0.445 e. The molecule has 0 radical (unpaired) electrons. The summed E-state index contributed by atoms with van der Waals surface area (Å²) >= 11 is 4.72. The van der Waals surface area contributed by atoms with Gasteiger partial charge in [-0.2, -0.15) is 0 Å². The van der Waals surface area contributed by atoms with E-state index >= 15 is 0 Å². The molecule has 17 heavy (non-hydrogen) atoms. The van der Waals surface area contributed by atoms with Crippen molar-refractivity contribution in [3.05, 3.63) is 17.8 Å². The molecule has 0 bridgehead atoms. The maximum atomic E-state index is 11.8. The third-order valence-electron chi connectivity index (χ3n) is 2.16. The number of oxazole rings is 1. The van der Waals surface area contributed by atoms with E-state index in [1.165, 1.54) is 6.20 Å². The molecule has 0 aliphatic heterocycles. The third-order valence-corrected chi connectivity index (χ3v) is 4.47. The zero-order valence-corrected chi connectivity index (χ0v) is 11.3. The second-order valence-corrected chi connectivity index (χ2v) is 5.95. The maximum Gasteiger partial charge on any atom is 0.221 e. The Labute approximate surface area is 106 Å².